The van der Waals surface area contributed by atoms with Crippen molar-refractivity contribution in [2.24, 2.45) is 11.8 Å². The molecule has 0 radical (unpaired) electrons. The molecule has 1 aliphatic carbocycles. The second-order valence-corrected chi connectivity index (χ2v) is 9.85. The number of amides is 1. The van der Waals surface area contributed by atoms with Gasteiger partial charge in [-0.05, 0) is 61.3 Å². The van der Waals surface area contributed by atoms with Gasteiger partial charge in [-0.25, -0.2) is 0 Å². The maximum absolute atomic E-state index is 13.1. The number of hydrogen-bond acceptors (Lipinski definition) is 3. The molecule has 1 saturated carbocycles. The number of carbonyl (C=O) groups is 1. The molecule has 0 saturated heterocycles. The number of rotatable bonds is 8. The summed E-state index contributed by atoms with van der Waals surface area (Å²) in [5, 5.41) is 3.75. The van der Waals surface area contributed by atoms with Crippen LogP contribution in [0.4, 0.5) is 13.2 Å². The fraction of sp³-hybridized carbons (Fsp3) is 0.741. The van der Waals surface area contributed by atoms with E-state index in [0.717, 1.165) is 43.7 Å². The van der Waals surface area contributed by atoms with Crippen molar-refractivity contribution in [2.75, 3.05) is 20.3 Å². The Morgan fingerprint density at radius 3 is 2.53 bits per heavy atom. The van der Waals surface area contributed by atoms with E-state index >= 15 is 0 Å². The molecule has 1 N–H and O–H groups in total. The van der Waals surface area contributed by atoms with Crippen LogP contribution in [0.25, 0.3) is 0 Å². The van der Waals surface area contributed by atoms with Crippen molar-refractivity contribution in [1.29, 1.82) is 0 Å². The van der Waals surface area contributed by atoms with Crippen molar-refractivity contribution < 1.29 is 22.7 Å². The van der Waals surface area contributed by atoms with Gasteiger partial charge in [0.05, 0.1) is 5.56 Å². The van der Waals surface area contributed by atoms with Crippen LogP contribution in [0.5, 0.6) is 0 Å². The fourth-order valence-corrected chi connectivity index (χ4v) is 4.90. The van der Waals surface area contributed by atoms with Crippen molar-refractivity contribution in [3.8, 4) is 0 Å². The predicted molar refractivity (Wildman–Crippen MR) is 131 cm³/mol. The highest BCUT2D eigenvalue weighted by Gasteiger charge is 2.36. The third-order valence-corrected chi connectivity index (χ3v) is 7.05. The average molecular weight is 485 g/mol. The maximum atomic E-state index is 13.1. The Kier molecular flexibility index (Phi) is 11.4. The molecule has 1 aliphatic heterocycles. The normalized spacial score (nSPS) is 21.9. The topological polar surface area (TPSA) is 41.6 Å². The number of carbonyl (C=O) groups excluding carboxylic acids is 1. The summed E-state index contributed by atoms with van der Waals surface area (Å²) in [4.78, 5) is 14.9. The van der Waals surface area contributed by atoms with E-state index in [1.807, 2.05) is 0 Å². The molecule has 1 heterocycles. The number of hydrogen-bond donors (Lipinski definition) is 1. The number of ether oxygens (including phenoxy) is 1. The van der Waals surface area contributed by atoms with Crippen LogP contribution in [0.3, 0.4) is 0 Å². The second-order valence-electron chi connectivity index (χ2n) is 9.85. The lowest BCUT2D eigenvalue weighted by Gasteiger charge is -2.32. The fourth-order valence-electron chi connectivity index (χ4n) is 4.90. The highest BCUT2D eigenvalue weighted by atomic mass is 19.4. The molecule has 4 nitrogen and oxygen atoms in total. The largest absolute Gasteiger partial charge is 0.416 e. The van der Waals surface area contributed by atoms with Gasteiger partial charge >= 0.3 is 6.18 Å². The van der Waals surface area contributed by atoms with E-state index in [2.05, 4.69) is 33.0 Å². The van der Waals surface area contributed by atoms with Crippen LogP contribution < -0.4 is 5.32 Å². The van der Waals surface area contributed by atoms with Crippen molar-refractivity contribution in [3.05, 3.63) is 34.9 Å². The zero-order valence-electron chi connectivity index (χ0n) is 21.5. The number of nitrogens with zero attached hydrogens (tertiary/aromatic N) is 1. The van der Waals surface area contributed by atoms with Gasteiger partial charge in [0.25, 0.3) is 0 Å². The summed E-state index contributed by atoms with van der Waals surface area (Å²) in [6.07, 6.45) is 2.12. The minimum Gasteiger partial charge on any atom is -0.385 e. The Balaban J connectivity index is 0.00000129. The van der Waals surface area contributed by atoms with Gasteiger partial charge in [-0.3, -0.25) is 4.79 Å². The molecule has 3 rings (SSSR count). The third kappa shape index (κ3) is 7.98. The van der Waals surface area contributed by atoms with E-state index in [1.165, 1.54) is 12.5 Å². The molecule has 34 heavy (non-hydrogen) atoms. The van der Waals surface area contributed by atoms with Gasteiger partial charge in [0.2, 0.25) is 5.91 Å². The summed E-state index contributed by atoms with van der Waals surface area (Å²) < 4.78 is 44.5. The molecule has 2 aliphatic rings. The Morgan fingerprint density at radius 2 is 1.91 bits per heavy atom. The molecule has 1 fully saturated rings. The maximum Gasteiger partial charge on any atom is 0.416 e. The van der Waals surface area contributed by atoms with E-state index in [4.69, 9.17) is 4.74 Å². The smallest absolute Gasteiger partial charge is 0.385 e. The summed E-state index contributed by atoms with van der Waals surface area (Å²) in [7, 11) is 1.71. The molecule has 0 bridgehead atoms. The van der Waals surface area contributed by atoms with Crippen molar-refractivity contribution >= 4 is 5.91 Å². The highest BCUT2D eigenvalue weighted by molar-refractivity contribution is 5.79. The first kappa shape index (κ1) is 28.6. The minimum absolute atomic E-state index is 0.0511. The first-order chi connectivity index (χ1) is 16.1. The van der Waals surface area contributed by atoms with Gasteiger partial charge in [-0.1, -0.05) is 46.6 Å². The molecule has 1 amide bonds. The average Bonchev–Trinajstić information content (AvgIpc) is 3.28. The third-order valence-electron chi connectivity index (χ3n) is 7.05. The Hall–Kier alpha value is -1.60. The summed E-state index contributed by atoms with van der Waals surface area (Å²) >= 11 is 0. The minimum atomic E-state index is -4.36. The van der Waals surface area contributed by atoms with Gasteiger partial charge in [0.1, 0.15) is 0 Å². The van der Waals surface area contributed by atoms with E-state index in [9.17, 15) is 18.0 Å². The highest BCUT2D eigenvalue weighted by Crippen LogP contribution is 2.34. The molecule has 194 valence electrons. The lowest BCUT2D eigenvalue weighted by molar-refractivity contribution is -0.137. The molecule has 1 aromatic rings. The van der Waals surface area contributed by atoms with Crippen LogP contribution in [0.2, 0.25) is 0 Å². The SMILES string of the molecule is CCC.CCC(C)C(CCOC)NC1CCC(C(=O)N2CCc3ccc(C(F)(F)F)cc3C2)C1. The van der Waals surface area contributed by atoms with Crippen LogP contribution in [0, 0.1) is 11.8 Å². The molecule has 4 atom stereocenters. The molecule has 1 aromatic carbocycles. The number of alkyl halides is 3. The lowest BCUT2D eigenvalue weighted by atomic mass is 9.95. The first-order valence-corrected chi connectivity index (χ1v) is 12.9. The van der Waals surface area contributed by atoms with Crippen LogP contribution in [0.1, 0.15) is 82.9 Å². The van der Waals surface area contributed by atoms with Gasteiger partial charge in [0, 0.05) is 44.8 Å². The van der Waals surface area contributed by atoms with Gasteiger partial charge in [-0.2, -0.15) is 13.2 Å². The number of methoxy groups -OCH3 is 1. The summed E-state index contributed by atoms with van der Waals surface area (Å²) in [6, 6.07) is 4.58. The zero-order chi connectivity index (χ0) is 25.3. The summed E-state index contributed by atoms with van der Waals surface area (Å²) in [6.45, 7) is 10.2. The number of benzene rings is 1. The van der Waals surface area contributed by atoms with E-state index in [0.29, 0.717) is 43.1 Å². The van der Waals surface area contributed by atoms with E-state index < -0.39 is 11.7 Å². The second kappa shape index (κ2) is 13.5. The molecule has 7 heteroatoms. The lowest BCUT2D eigenvalue weighted by Crippen LogP contribution is -2.43. The molecule has 0 spiro atoms. The first-order valence-electron chi connectivity index (χ1n) is 12.9. The monoisotopic (exact) mass is 484 g/mol. The Labute approximate surface area is 203 Å². The number of halogens is 3. The standard InChI is InChI=1S/C24H35F3N2O2.C3H8/c1-4-16(2)22(10-12-31-3)28-21-8-6-18(14-21)23(30)29-11-9-17-5-7-20(24(25,26)27)13-19(17)15-29;1-3-2/h5,7,13,16,18,21-22,28H,4,6,8-12,14-15H2,1-3H3;3H2,1-2H3. The quantitative estimate of drug-likeness (QED) is 0.477. The predicted octanol–water partition coefficient (Wildman–Crippen LogP) is 6.22. The summed E-state index contributed by atoms with van der Waals surface area (Å²) in [5.74, 6) is 0.570. The van der Waals surface area contributed by atoms with Gasteiger partial charge < -0.3 is 15.0 Å². The number of nitrogens with one attached hydrogen (secondary N) is 1. The Morgan fingerprint density at radius 1 is 1.21 bits per heavy atom. The van der Waals surface area contributed by atoms with Crippen LogP contribution in [-0.4, -0.2) is 43.2 Å². The zero-order valence-corrected chi connectivity index (χ0v) is 21.5. The number of fused-ring (bicyclic) bond motifs is 1. The Bertz CT molecular complexity index is 769. The van der Waals surface area contributed by atoms with Crippen molar-refractivity contribution in [3.63, 3.8) is 0 Å². The van der Waals surface area contributed by atoms with E-state index in [1.54, 1.807) is 18.1 Å². The van der Waals surface area contributed by atoms with Gasteiger partial charge in [0.15, 0.2) is 0 Å². The van der Waals surface area contributed by atoms with Crippen molar-refractivity contribution in [1.82, 2.24) is 10.2 Å². The van der Waals surface area contributed by atoms with Crippen LogP contribution >= 0.6 is 0 Å². The van der Waals surface area contributed by atoms with Crippen LogP contribution in [-0.2, 0) is 28.7 Å². The van der Waals surface area contributed by atoms with Crippen molar-refractivity contribution in [2.45, 2.75) is 97.4 Å². The van der Waals surface area contributed by atoms with E-state index in [-0.39, 0.29) is 18.4 Å². The van der Waals surface area contributed by atoms with Gasteiger partial charge in [-0.15, -0.1) is 0 Å². The van der Waals surface area contributed by atoms with Crippen LogP contribution in [0.15, 0.2) is 18.2 Å². The molecular weight excluding hydrogens is 441 g/mol. The molecular formula is C27H43F3N2O2. The molecule has 4 unspecified atom stereocenters. The summed E-state index contributed by atoms with van der Waals surface area (Å²) in [5.41, 5.74) is 0.897. The molecule has 0 aromatic heterocycles.